The SMILES string of the molecule is CC1(C)[C@]2(C(=O)N3CCc4ccccc4C3)CC[C@@]1(C)C(=O)C2. The predicted octanol–water partition coefficient (Wildman–Crippen LogP) is 3.36. The van der Waals surface area contributed by atoms with Crippen molar-refractivity contribution in [3.8, 4) is 0 Å². The second kappa shape index (κ2) is 4.46. The Morgan fingerprint density at radius 2 is 1.78 bits per heavy atom. The highest BCUT2D eigenvalue weighted by Gasteiger charge is 2.73. The number of carbonyl (C=O) groups is 2. The first kappa shape index (κ1) is 14.9. The van der Waals surface area contributed by atoms with Gasteiger partial charge in [-0.25, -0.2) is 0 Å². The molecular formula is C20H25NO2. The van der Waals surface area contributed by atoms with Crippen molar-refractivity contribution in [2.45, 2.75) is 53.0 Å². The Kier molecular flexibility index (Phi) is 2.89. The van der Waals surface area contributed by atoms with Crippen LogP contribution in [0.1, 0.15) is 51.2 Å². The second-order valence-electron chi connectivity index (χ2n) is 8.38. The highest BCUT2D eigenvalue weighted by atomic mass is 16.2. The summed E-state index contributed by atoms with van der Waals surface area (Å²) < 4.78 is 0. The van der Waals surface area contributed by atoms with E-state index < -0.39 is 5.41 Å². The Labute approximate surface area is 138 Å². The van der Waals surface area contributed by atoms with Gasteiger partial charge in [0, 0.05) is 24.9 Å². The molecule has 1 heterocycles. The fourth-order valence-corrected chi connectivity index (χ4v) is 5.30. The lowest BCUT2D eigenvalue weighted by atomic mass is 9.64. The van der Waals surface area contributed by atoms with E-state index in [1.807, 2.05) is 11.0 Å². The number of nitrogens with zero attached hydrogens (tertiary/aromatic N) is 1. The summed E-state index contributed by atoms with van der Waals surface area (Å²) in [5, 5.41) is 0. The predicted molar refractivity (Wildman–Crippen MR) is 88.7 cm³/mol. The Balaban J connectivity index is 1.67. The largest absolute Gasteiger partial charge is 0.338 e. The fraction of sp³-hybridized carbons (Fsp3) is 0.600. The Bertz CT molecular complexity index is 707. The topological polar surface area (TPSA) is 37.4 Å². The number of amides is 1. The maximum Gasteiger partial charge on any atom is 0.230 e. The molecule has 3 heteroatoms. The van der Waals surface area contributed by atoms with E-state index >= 15 is 0 Å². The van der Waals surface area contributed by atoms with E-state index in [0.29, 0.717) is 18.7 Å². The van der Waals surface area contributed by atoms with E-state index in [1.165, 1.54) is 11.1 Å². The first-order valence-electron chi connectivity index (χ1n) is 8.71. The van der Waals surface area contributed by atoms with Crippen molar-refractivity contribution < 1.29 is 9.59 Å². The van der Waals surface area contributed by atoms with Crippen LogP contribution in [0.15, 0.2) is 24.3 Å². The van der Waals surface area contributed by atoms with Gasteiger partial charge in [0.15, 0.2) is 0 Å². The number of hydrogen-bond acceptors (Lipinski definition) is 2. The lowest BCUT2D eigenvalue weighted by molar-refractivity contribution is -0.148. The molecule has 1 aliphatic heterocycles. The molecule has 0 aromatic heterocycles. The second-order valence-corrected chi connectivity index (χ2v) is 8.38. The summed E-state index contributed by atoms with van der Waals surface area (Å²) in [7, 11) is 0. The summed E-state index contributed by atoms with van der Waals surface area (Å²) in [5.41, 5.74) is 1.56. The van der Waals surface area contributed by atoms with Crippen LogP contribution >= 0.6 is 0 Å². The zero-order valence-electron chi connectivity index (χ0n) is 14.3. The molecule has 0 radical (unpaired) electrons. The standard InChI is InChI=1S/C20H25NO2/c1-18(2)19(3)9-10-20(18,12-16(19)22)17(23)21-11-8-14-6-4-5-7-15(14)13-21/h4-7H,8-13H2,1-3H3/t19-,20+/m0/s1. The van der Waals surface area contributed by atoms with E-state index in [1.54, 1.807) is 0 Å². The molecule has 122 valence electrons. The minimum Gasteiger partial charge on any atom is -0.338 e. The van der Waals surface area contributed by atoms with Crippen LogP contribution in [-0.2, 0) is 22.6 Å². The summed E-state index contributed by atoms with van der Waals surface area (Å²) in [6.07, 6.45) is 3.07. The molecule has 3 nitrogen and oxygen atoms in total. The van der Waals surface area contributed by atoms with E-state index in [2.05, 4.69) is 39.0 Å². The molecule has 0 spiro atoms. The number of Topliss-reactive ketones (excluding diaryl/α,β-unsaturated/α-hetero) is 1. The molecule has 3 aliphatic rings. The van der Waals surface area contributed by atoms with E-state index in [4.69, 9.17) is 0 Å². The Morgan fingerprint density at radius 1 is 1.09 bits per heavy atom. The van der Waals surface area contributed by atoms with E-state index in [0.717, 1.165) is 25.8 Å². The van der Waals surface area contributed by atoms with Gasteiger partial charge in [-0.15, -0.1) is 0 Å². The maximum atomic E-state index is 13.5. The molecule has 1 aromatic rings. The Hall–Kier alpha value is -1.64. The van der Waals surface area contributed by atoms with Crippen molar-refractivity contribution >= 4 is 11.7 Å². The number of ketones is 1. The zero-order chi connectivity index (χ0) is 16.5. The molecular weight excluding hydrogens is 286 g/mol. The lowest BCUT2D eigenvalue weighted by Gasteiger charge is -2.42. The molecule has 2 bridgehead atoms. The maximum absolute atomic E-state index is 13.5. The molecule has 2 fully saturated rings. The highest BCUT2D eigenvalue weighted by molar-refractivity contribution is 5.99. The van der Waals surface area contributed by atoms with Crippen LogP contribution in [0.3, 0.4) is 0 Å². The summed E-state index contributed by atoms with van der Waals surface area (Å²) in [4.78, 5) is 28.1. The van der Waals surface area contributed by atoms with Crippen LogP contribution in [0.2, 0.25) is 0 Å². The van der Waals surface area contributed by atoms with Gasteiger partial charge >= 0.3 is 0 Å². The smallest absolute Gasteiger partial charge is 0.230 e. The van der Waals surface area contributed by atoms with Crippen molar-refractivity contribution in [2.75, 3.05) is 6.54 Å². The number of rotatable bonds is 1. The number of benzene rings is 1. The highest BCUT2D eigenvalue weighted by Crippen LogP contribution is 2.71. The van der Waals surface area contributed by atoms with Crippen LogP contribution in [0, 0.1) is 16.2 Å². The minimum absolute atomic E-state index is 0.214. The van der Waals surface area contributed by atoms with Gasteiger partial charge in [-0.05, 0) is 35.8 Å². The van der Waals surface area contributed by atoms with Crippen molar-refractivity contribution in [1.82, 2.24) is 4.90 Å². The first-order chi connectivity index (χ1) is 10.8. The van der Waals surface area contributed by atoms with Crippen molar-refractivity contribution in [3.63, 3.8) is 0 Å². The third-order valence-corrected chi connectivity index (χ3v) is 7.53. The van der Waals surface area contributed by atoms with Gasteiger partial charge in [0.1, 0.15) is 5.78 Å². The van der Waals surface area contributed by atoms with Gasteiger partial charge in [0.05, 0.1) is 5.41 Å². The summed E-state index contributed by atoms with van der Waals surface area (Å²) in [5.74, 6) is 0.506. The summed E-state index contributed by atoms with van der Waals surface area (Å²) in [6, 6.07) is 8.39. The lowest BCUT2D eigenvalue weighted by Crippen LogP contribution is -2.50. The van der Waals surface area contributed by atoms with Crippen LogP contribution in [0.25, 0.3) is 0 Å². The number of carbonyl (C=O) groups excluding carboxylic acids is 2. The third kappa shape index (κ3) is 1.66. The summed E-state index contributed by atoms with van der Waals surface area (Å²) >= 11 is 0. The van der Waals surface area contributed by atoms with Gasteiger partial charge in [-0.3, -0.25) is 9.59 Å². The molecule has 2 atom stereocenters. The van der Waals surface area contributed by atoms with Gasteiger partial charge in [0.2, 0.25) is 5.91 Å². The average Bonchev–Trinajstić information content (AvgIpc) is 2.84. The van der Waals surface area contributed by atoms with Crippen molar-refractivity contribution in [2.24, 2.45) is 16.2 Å². The molecule has 1 amide bonds. The fourth-order valence-electron chi connectivity index (χ4n) is 5.30. The molecule has 0 saturated heterocycles. The van der Waals surface area contributed by atoms with Crippen LogP contribution < -0.4 is 0 Å². The van der Waals surface area contributed by atoms with Crippen LogP contribution in [0.5, 0.6) is 0 Å². The molecule has 0 unspecified atom stereocenters. The van der Waals surface area contributed by atoms with E-state index in [9.17, 15) is 9.59 Å². The van der Waals surface area contributed by atoms with Gasteiger partial charge in [0.25, 0.3) is 0 Å². The molecule has 1 aromatic carbocycles. The minimum atomic E-state index is -0.481. The molecule has 0 N–H and O–H groups in total. The number of fused-ring (bicyclic) bond motifs is 3. The molecule has 23 heavy (non-hydrogen) atoms. The normalized spacial score (nSPS) is 34.6. The monoisotopic (exact) mass is 311 g/mol. The van der Waals surface area contributed by atoms with Gasteiger partial charge in [-0.1, -0.05) is 45.0 Å². The molecule has 2 saturated carbocycles. The Morgan fingerprint density at radius 3 is 2.39 bits per heavy atom. The number of hydrogen-bond donors (Lipinski definition) is 0. The van der Waals surface area contributed by atoms with E-state index in [-0.39, 0.29) is 16.7 Å². The quantitative estimate of drug-likeness (QED) is 0.797. The van der Waals surface area contributed by atoms with Crippen molar-refractivity contribution in [1.29, 1.82) is 0 Å². The first-order valence-corrected chi connectivity index (χ1v) is 8.71. The van der Waals surface area contributed by atoms with Gasteiger partial charge in [-0.2, -0.15) is 0 Å². The van der Waals surface area contributed by atoms with Crippen LogP contribution in [-0.4, -0.2) is 23.1 Å². The van der Waals surface area contributed by atoms with Crippen molar-refractivity contribution in [3.05, 3.63) is 35.4 Å². The molecule has 2 aliphatic carbocycles. The zero-order valence-corrected chi connectivity index (χ0v) is 14.3. The van der Waals surface area contributed by atoms with Gasteiger partial charge < -0.3 is 4.90 Å². The third-order valence-electron chi connectivity index (χ3n) is 7.53. The summed E-state index contributed by atoms with van der Waals surface area (Å²) in [6.45, 7) is 7.82. The molecule has 4 rings (SSSR count). The average molecular weight is 311 g/mol. The van der Waals surface area contributed by atoms with Crippen LogP contribution in [0.4, 0.5) is 0 Å².